The summed E-state index contributed by atoms with van der Waals surface area (Å²) in [5.74, 6) is -0.967. The van der Waals surface area contributed by atoms with E-state index in [-0.39, 0.29) is 36.1 Å². The lowest BCUT2D eigenvalue weighted by Crippen LogP contribution is -2.36. The Kier molecular flexibility index (Phi) is 7.23. The van der Waals surface area contributed by atoms with E-state index in [4.69, 9.17) is 5.14 Å². The van der Waals surface area contributed by atoms with Gasteiger partial charge in [0.2, 0.25) is 5.78 Å². The summed E-state index contributed by atoms with van der Waals surface area (Å²) in [6, 6.07) is 10.5. The molecule has 186 valence electrons. The van der Waals surface area contributed by atoms with Gasteiger partial charge >= 0.3 is 10.3 Å². The molecule has 5 atom stereocenters. The Bertz CT molecular complexity index is 1280. The molecule has 2 aromatic heterocycles. The number of nitrogens with two attached hydrogens (primary N) is 1. The monoisotopic (exact) mass is 502 g/mol. The van der Waals surface area contributed by atoms with Gasteiger partial charge in [-0.15, -0.1) is 0 Å². The molecule has 1 aliphatic rings. The number of hydrogen-bond donors (Lipinski definition) is 4. The zero-order valence-electron chi connectivity index (χ0n) is 18.8. The summed E-state index contributed by atoms with van der Waals surface area (Å²) in [6.45, 7) is 1.58. The third kappa shape index (κ3) is 5.71. The zero-order valence-corrected chi connectivity index (χ0v) is 19.6. The van der Waals surface area contributed by atoms with Crippen LogP contribution < -0.4 is 10.5 Å². The van der Waals surface area contributed by atoms with Gasteiger partial charge in [0.05, 0.1) is 30.4 Å². The van der Waals surface area contributed by atoms with Crippen LogP contribution >= 0.6 is 0 Å². The average Bonchev–Trinajstić information content (AvgIpc) is 3.44. The molecular formula is C22H26N6O6S. The molecule has 13 heteroatoms. The van der Waals surface area contributed by atoms with Crippen molar-refractivity contribution in [1.82, 2.24) is 19.7 Å². The summed E-state index contributed by atoms with van der Waals surface area (Å²) >= 11 is 0. The highest BCUT2D eigenvalue weighted by Gasteiger charge is 2.42. The Balaban J connectivity index is 1.50. The fraction of sp³-hybridized carbons (Fsp3) is 0.364. The van der Waals surface area contributed by atoms with Crippen molar-refractivity contribution >= 4 is 21.9 Å². The molecule has 0 spiro atoms. The Morgan fingerprint density at radius 2 is 2.00 bits per heavy atom. The second-order valence-electron chi connectivity index (χ2n) is 8.39. The van der Waals surface area contributed by atoms with Gasteiger partial charge in [-0.3, -0.25) is 13.7 Å². The molecule has 12 nitrogen and oxygen atoms in total. The number of aliphatic hydroxyl groups excluding tert-OH is 2. The number of carbonyl (C=O) groups is 1. The maximum Gasteiger partial charge on any atom is 0.333 e. The van der Waals surface area contributed by atoms with Gasteiger partial charge in [0.1, 0.15) is 23.9 Å². The van der Waals surface area contributed by atoms with Crippen molar-refractivity contribution in [3.63, 3.8) is 0 Å². The number of aromatic nitrogens is 4. The van der Waals surface area contributed by atoms with Crippen LogP contribution in [0.1, 0.15) is 41.0 Å². The third-order valence-electron chi connectivity index (χ3n) is 6.05. The van der Waals surface area contributed by atoms with Crippen molar-refractivity contribution in [2.45, 2.75) is 37.6 Å². The molecule has 0 amide bonds. The smallest absolute Gasteiger partial charge is 0.333 e. The Morgan fingerprint density at radius 3 is 2.71 bits per heavy atom. The summed E-state index contributed by atoms with van der Waals surface area (Å²) in [7, 11) is -4.19. The highest BCUT2D eigenvalue weighted by Crippen LogP contribution is 2.30. The molecule has 1 saturated carbocycles. The molecular weight excluding hydrogens is 476 g/mol. The van der Waals surface area contributed by atoms with Gasteiger partial charge in [0, 0.05) is 18.3 Å². The second-order valence-corrected chi connectivity index (χ2v) is 9.61. The second kappa shape index (κ2) is 10.2. The number of anilines is 1. The number of aliphatic hydroxyl groups is 2. The van der Waals surface area contributed by atoms with Crippen molar-refractivity contribution in [2.24, 2.45) is 11.1 Å². The Morgan fingerprint density at radius 1 is 1.26 bits per heavy atom. The quantitative estimate of drug-likeness (QED) is 0.296. The Labute approximate surface area is 202 Å². The lowest BCUT2D eigenvalue weighted by molar-refractivity contribution is 0.00778. The molecule has 0 bridgehead atoms. The van der Waals surface area contributed by atoms with Crippen LogP contribution in [0, 0.1) is 5.92 Å². The first-order valence-electron chi connectivity index (χ1n) is 10.9. The lowest BCUT2D eigenvalue weighted by Gasteiger charge is -2.19. The normalized spacial score (nSPS) is 23.2. The van der Waals surface area contributed by atoms with E-state index < -0.39 is 40.3 Å². The molecule has 0 unspecified atom stereocenters. The van der Waals surface area contributed by atoms with Crippen LogP contribution in [0.3, 0.4) is 0 Å². The molecule has 2 heterocycles. The van der Waals surface area contributed by atoms with E-state index in [1.807, 2.05) is 37.3 Å². The van der Waals surface area contributed by atoms with E-state index in [1.165, 1.54) is 12.5 Å². The highest BCUT2D eigenvalue weighted by molar-refractivity contribution is 7.84. The molecule has 1 aliphatic carbocycles. The van der Waals surface area contributed by atoms with Crippen molar-refractivity contribution in [3.05, 3.63) is 71.9 Å². The van der Waals surface area contributed by atoms with E-state index in [9.17, 15) is 23.4 Å². The molecule has 0 aliphatic heterocycles. The lowest BCUT2D eigenvalue weighted by atomic mass is 10.1. The maximum absolute atomic E-state index is 13.2. The first-order valence-corrected chi connectivity index (χ1v) is 12.4. The van der Waals surface area contributed by atoms with E-state index in [1.54, 1.807) is 16.9 Å². The highest BCUT2D eigenvalue weighted by atomic mass is 32.2. The minimum absolute atomic E-state index is 0.0889. The van der Waals surface area contributed by atoms with Crippen molar-refractivity contribution in [2.75, 3.05) is 11.9 Å². The largest absolute Gasteiger partial charge is 0.390 e. The van der Waals surface area contributed by atoms with E-state index >= 15 is 0 Å². The fourth-order valence-corrected chi connectivity index (χ4v) is 4.46. The molecule has 3 aromatic rings. The topological polar surface area (TPSA) is 183 Å². The molecule has 0 saturated heterocycles. The van der Waals surface area contributed by atoms with Crippen LogP contribution in [0.2, 0.25) is 0 Å². The maximum atomic E-state index is 13.2. The van der Waals surface area contributed by atoms with E-state index in [2.05, 4.69) is 24.6 Å². The fourth-order valence-electron chi connectivity index (χ4n) is 4.10. The third-order valence-corrected chi connectivity index (χ3v) is 6.51. The van der Waals surface area contributed by atoms with Crippen LogP contribution in [-0.2, 0) is 14.5 Å². The number of hydrogen-bond acceptors (Lipinski definition) is 10. The van der Waals surface area contributed by atoms with Gasteiger partial charge in [-0.05, 0) is 25.0 Å². The van der Waals surface area contributed by atoms with Crippen LogP contribution in [-0.4, -0.2) is 69.0 Å². The van der Waals surface area contributed by atoms with Crippen molar-refractivity contribution in [3.8, 4) is 0 Å². The van der Waals surface area contributed by atoms with Gasteiger partial charge in [0.15, 0.2) is 0 Å². The summed E-state index contributed by atoms with van der Waals surface area (Å²) in [5, 5.41) is 33.0. The Hall–Kier alpha value is -3.23. The summed E-state index contributed by atoms with van der Waals surface area (Å²) in [6.07, 6.45) is 1.94. The van der Waals surface area contributed by atoms with Gasteiger partial charge in [-0.2, -0.15) is 13.5 Å². The number of carbonyl (C=O) groups excluding carboxylic acids is 1. The minimum Gasteiger partial charge on any atom is -0.390 e. The number of benzene rings is 1. The summed E-state index contributed by atoms with van der Waals surface area (Å²) in [5.41, 5.74) is 1.36. The summed E-state index contributed by atoms with van der Waals surface area (Å²) in [4.78, 5) is 21.3. The van der Waals surface area contributed by atoms with E-state index in [0.29, 0.717) is 0 Å². The van der Waals surface area contributed by atoms with Crippen LogP contribution in [0.15, 0.2) is 55.1 Å². The first kappa shape index (κ1) is 24.9. The zero-order chi connectivity index (χ0) is 25.2. The van der Waals surface area contributed by atoms with E-state index in [0.717, 1.165) is 5.56 Å². The molecule has 4 rings (SSSR count). The number of nitrogens with one attached hydrogen (secondary N) is 1. The standard InChI is InChI=1S/C22H26N6O6S/c1-13(14-5-3-2-4-6-14)28-8-7-17(27-28)20(30)16-10-24-12-25-22(16)26-18-9-15(19(29)21(18)31)11-34-35(23,32)33/h2-8,10,12-13,15,18-19,21,29,31H,9,11H2,1H3,(H2,23,32,33)(H,24,25,26)/t13-,15+,18+,19+,21-/m0/s1. The predicted molar refractivity (Wildman–Crippen MR) is 125 cm³/mol. The van der Waals surface area contributed by atoms with Crippen LogP contribution in [0.4, 0.5) is 5.82 Å². The molecule has 35 heavy (non-hydrogen) atoms. The molecule has 1 fully saturated rings. The van der Waals surface area contributed by atoms with Gasteiger partial charge in [0.25, 0.3) is 0 Å². The number of rotatable bonds is 9. The molecule has 1 aromatic carbocycles. The van der Waals surface area contributed by atoms with Gasteiger partial charge < -0.3 is 15.5 Å². The molecule has 5 N–H and O–H groups in total. The predicted octanol–water partition coefficient (Wildman–Crippen LogP) is 0.256. The number of ketones is 1. The van der Waals surface area contributed by atoms with Crippen molar-refractivity contribution < 1.29 is 27.6 Å². The minimum atomic E-state index is -4.19. The summed E-state index contributed by atoms with van der Waals surface area (Å²) < 4.78 is 28.4. The number of nitrogens with zero attached hydrogens (tertiary/aromatic N) is 4. The average molecular weight is 503 g/mol. The SMILES string of the molecule is C[C@@H](c1ccccc1)n1ccc(C(=O)c2cncnc2N[C@@H]2C[C@H](COS(N)(=O)=O)[C@@H](O)[C@H]2O)n1. The van der Waals surface area contributed by atoms with Crippen LogP contribution in [0.25, 0.3) is 0 Å². The van der Waals surface area contributed by atoms with Gasteiger partial charge in [-0.25, -0.2) is 15.1 Å². The van der Waals surface area contributed by atoms with Crippen LogP contribution in [0.5, 0.6) is 0 Å². The molecule has 0 radical (unpaired) electrons. The first-order chi connectivity index (χ1) is 16.6. The van der Waals surface area contributed by atoms with Crippen molar-refractivity contribution in [1.29, 1.82) is 0 Å². The van der Waals surface area contributed by atoms with Gasteiger partial charge in [-0.1, -0.05) is 30.3 Å².